The topological polar surface area (TPSA) is 38.0 Å². The molecule has 2 rings (SSSR count). The second kappa shape index (κ2) is 5.01. The van der Waals surface area contributed by atoms with Gasteiger partial charge >= 0.3 is 0 Å². The van der Waals surface area contributed by atoms with E-state index in [2.05, 4.69) is 44.4 Å². The molecule has 1 aromatic rings. The van der Waals surface area contributed by atoms with E-state index < -0.39 is 0 Å². The molecule has 17 heavy (non-hydrogen) atoms. The van der Waals surface area contributed by atoms with Crippen LogP contribution in [0.4, 0.5) is 0 Å². The van der Waals surface area contributed by atoms with Crippen LogP contribution in [0.5, 0.6) is 0 Å². The third kappa shape index (κ3) is 2.51. The van der Waals surface area contributed by atoms with Gasteiger partial charge in [-0.1, -0.05) is 18.2 Å². The first-order chi connectivity index (χ1) is 8.07. The van der Waals surface area contributed by atoms with E-state index in [1.54, 1.807) is 0 Å². The molecule has 94 valence electrons. The van der Waals surface area contributed by atoms with Gasteiger partial charge in [-0.25, -0.2) is 0 Å². The second-order valence-corrected chi connectivity index (χ2v) is 6.84. The molecule has 0 radical (unpaired) electrons. The monoisotopic (exact) mass is 250 g/mol. The quantitative estimate of drug-likeness (QED) is 0.639. The van der Waals surface area contributed by atoms with Gasteiger partial charge in [0.15, 0.2) is 0 Å². The summed E-state index contributed by atoms with van der Waals surface area (Å²) in [6, 6.07) is 6.91. The zero-order chi connectivity index (χ0) is 12.5. The van der Waals surface area contributed by atoms with Crippen molar-refractivity contribution in [2.45, 2.75) is 44.4 Å². The molecular formula is C14H22N2S. The van der Waals surface area contributed by atoms with Crippen molar-refractivity contribution in [2.75, 3.05) is 5.75 Å². The summed E-state index contributed by atoms with van der Waals surface area (Å²) in [6.07, 6.45) is 2.53. The highest BCUT2D eigenvalue weighted by atomic mass is 32.2. The van der Waals surface area contributed by atoms with E-state index in [1.807, 2.05) is 11.8 Å². The van der Waals surface area contributed by atoms with Crippen LogP contribution >= 0.6 is 11.8 Å². The predicted molar refractivity (Wildman–Crippen MR) is 76.1 cm³/mol. The molecule has 0 saturated carbocycles. The molecular weight excluding hydrogens is 228 g/mol. The molecule has 2 unspecified atom stereocenters. The minimum absolute atomic E-state index is 0.233. The number of thioether (sulfide) groups is 1. The van der Waals surface area contributed by atoms with Gasteiger partial charge in [0.2, 0.25) is 0 Å². The minimum Gasteiger partial charge on any atom is -0.271 e. The fourth-order valence-electron chi connectivity index (χ4n) is 2.60. The van der Waals surface area contributed by atoms with Crippen molar-refractivity contribution in [2.24, 2.45) is 5.84 Å². The average molecular weight is 250 g/mol. The zero-order valence-corrected chi connectivity index (χ0v) is 11.7. The Balaban J connectivity index is 2.31. The molecule has 0 spiro atoms. The van der Waals surface area contributed by atoms with Gasteiger partial charge in [0.05, 0.1) is 6.04 Å². The van der Waals surface area contributed by atoms with Gasteiger partial charge in [0.25, 0.3) is 0 Å². The van der Waals surface area contributed by atoms with Crippen molar-refractivity contribution in [3.8, 4) is 0 Å². The average Bonchev–Trinajstić information content (AvgIpc) is 2.72. The third-order valence-corrected chi connectivity index (χ3v) is 5.48. The van der Waals surface area contributed by atoms with Gasteiger partial charge in [-0.2, -0.15) is 11.8 Å². The van der Waals surface area contributed by atoms with E-state index in [0.717, 1.165) is 0 Å². The lowest BCUT2D eigenvalue weighted by molar-refractivity contribution is 0.420. The Labute approximate surface area is 108 Å². The van der Waals surface area contributed by atoms with Gasteiger partial charge in [-0.05, 0) is 56.1 Å². The van der Waals surface area contributed by atoms with E-state index in [9.17, 15) is 0 Å². The molecule has 1 aromatic carbocycles. The van der Waals surface area contributed by atoms with E-state index in [-0.39, 0.29) is 10.8 Å². The lowest BCUT2D eigenvalue weighted by Crippen LogP contribution is -2.41. The molecule has 3 heteroatoms. The van der Waals surface area contributed by atoms with E-state index in [0.29, 0.717) is 0 Å². The lowest BCUT2D eigenvalue weighted by atomic mass is 9.89. The third-order valence-electron chi connectivity index (χ3n) is 3.89. The van der Waals surface area contributed by atoms with Crippen molar-refractivity contribution in [1.29, 1.82) is 0 Å². The molecule has 0 aliphatic carbocycles. The molecule has 1 aliphatic heterocycles. The Morgan fingerprint density at radius 3 is 2.65 bits per heavy atom. The van der Waals surface area contributed by atoms with Crippen LogP contribution in [-0.2, 0) is 0 Å². The summed E-state index contributed by atoms with van der Waals surface area (Å²) < 4.78 is 0.233. The first-order valence-electron chi connectivity index (χ1n) is 6.24. The Bertz CT molecular complexity index is 397. The molecule has 1 aliphatic rings. The number of benzene rings is 1. The van der Waals surface area contributed by atoms with Crippen LogP contribution in [0.3, 0.4) is 0 Å². The standard InChI is InChI=1S/C14H22N2S/c1-10-5-6-12(9-11(10)2)13(16-15)14(3)7-4-8-17-14/h5-6,9,13,16H,4,7-8,15H2,1-3H3. The van der Waals surface area contributed by atoms with Crippen LogP contribution in [0.25, 0.3) is 0 Å². The summed E-state index contributed by atoms with van der Waals surface area (Å²) in [6.45, 7) is 6.64. The van der Waals surface area contributed by atoms with E-state index >= 15 is 0 Å². The van der Waals surface area contributed by atoms with Crippen LogP contribution in [0.15, 0.2) is 18.2 Å². The van der Waals surface area contributed by atoms with Gasteiger partial charge < -0.3 is 0 Å². The largest absolute Gasteiger partial charge is 0.271 e. The first kappa shape index (κ1) is 12.9. The number of nitrogens with one attached hydrogen (secondary N) is 1. The summed E-state index contributed by atoms with van der Waals surface area (Å²) in [5.74, 6) is 7.04. The number of nitrogens with two attached hydrogens (primary N) is 1. The van der Waals surface area contributed by atoms with Crippen molar-refractivity contribution in [3.63, 3.8) is 0 Å². The number of aryl methyl sites for hydroxylation is 2. The maximum Gasteiger partial charge on any atom is 0.0604 e. The number of hydrazine groups is 1. The molecule has 2 atom stereocenters. The van der Waals surface area contributed by atoms with Crippen molar-refractivity contribution in [3.05, 3.63) is 34.9 Å². The van der Waals surface area contributed by atoms with Crippen LogP contribution in [-0.4, -0.2) is 10.5 Å². The first-order valence-corrected chi connectivity index (χ1v) is 7.22. The minimum atomic E-state index is 0.233. The fraction of sp³-hybridized carbons (Fsp3) is 0.571. The summed E-state index contributed by atoms with van der Waals surface area (Å²) >= 11 is 2.04. The van der Waals surface area contributed by atoms with Gasteiger partial charge in [-0.15, -0.1) is 0 Å². The molecule has 0 aromatic heterocycles. The van der Waals surface area contributed by atoms with Crippen LogP contribution in [0, 0.1) is 13.8 Å². The van der Waals surface area contributed by atoms with Crippen molar-refractivity contribution < 1.29 is 0 Å². The smallest absolute Gasteiger partial charge is 0.0604 e. The van der Waals surface area contributed by atoms with Crippen molar-refractivity contribution in [1.82, 2.24) is 5.43 Å². The lowest BCUT2D eigenvalue weighted by Gasteiger charge is -2.33. The molecule has 1 saturated heterocycles. The number of hydrogen-bond acceptors (Lipinski definition) is 3. The van der Waals surface area contributed by atoms with Crippen LogP contribution < -0.4 is 11.3 Å². The highest BCUT2D eigenvalue weighted by molar-refractivity contribution is 8.00. The summed E-state index contributed by atoms with van der Waals surface area (Å²) in [4.78, 5) is 0. The molecule has 0 amide bonds. The van der Waals surface area contributed by atoms with Gasteiger partial charge in [0.1, 0.15) is 0 Å². The Morgan fingerprint density at radius 2 is 2.12 bits per heavy atom. The van der Waals surface area contributed by atoms with Crippen LogP contribution in [0.1, 0.15) is 42.5 Å². The van der Waals surface area contributed by atoms with E-state index in [1.165, 1.54) is 35.3 Å². The summed E-state index contributed by atoms with van der Waals surface area (Å²) in [5, 5.41) is 0. The summed E-state index contributed by atoms with van der Waals surface area (Å²) in [5.41, 5.74) is 7.02. The molecule has 1 heterocycles. The molecule has 1 fully saturated rings. The van der Waals surface area contributed by atoms with Crippen LogP contribution in [0.2, 0.25) is 0 Å². The maximum atomic E-state index is 5.79. The maximum absolute atomic E-state index is 5.79. The Kier molecular flexibility index (Phi) is 3.81. The zero-order valence-electron chi connectivity index (χ0n) is 10.9. The SMILES string of the molecule is Cc1ccc(C(NN)C2(C)CCCS2)cc1C. The van der Waals surface area contributed by atoms with Gasteiger partial charge in [-0.3, -0.25) is 11.3 Å². The molecule has 2 nitrogen and oxygen atoms in total. The molecule has 3 N–H and O–H groups in total. The Hall–Kier alpha value is -0.510. The normalized spacial score (nSPS) is 26.1. The Morgan fingerprint density at radius 1 is 1.35 bits per heavy atom. The highest BCUT2D eigenvalue weighted by Gasteiger charge is 2.38. The summed E-state index contributed by atoms with van der Waals surface area (Å²) in [7, 11) is 0. The van der Waals surface area contributed by atoms with E-state index in [4.69, 9.17) is 5.84 Å². The molecule has 0 bridgehead atoms. The predicted octanol–water partition coefficient (Wildman–Crippen LogP) is 3.09. The number of rotatable bonds is 3. The fourth-order valence-corrected chi connectivity index (χ4v) is 4.01. The van der Waals surface area contributed by atoms with Crippen molar-refractivity contribution >= 4 is 11.8 Å². The highest BCUT2D eigenvalue weighted by Crippen LogP contribution is 2.46. The number of hydrogen-bond donors (Lipinski definition) is 2. The van der Waals surface area contributed by atoms with Gasteiger partial charge in [0, 0.05) is 4.75 Å². The second-order valence-electron chi connectivity index (χ2n) is 5.21.